The quantitative estimate of drug-likeness (QED) is 0.475. The van der Waals surface area contributed by atoms with Gasteiger partial charge in [0, 0.05) is 19.0 Å². The van der Waals surface area contributed by atoms with E-state index < -0.39 is 11.9 Å². The number of carbonyl (C=O) groups excluding carboxylic acids is 2. The number of hydrazine groups is 1. The fourth-order valence-corrected chi connectivity index (χ4v) is 1.84. The second-order valence-corrected chi connectivity index (χ2v) is 4.88. The van der Waals surface area contributed by atoms with Gasteiger partial charge >= 0.3 is 5.97 Å². The maximum absolute atomic E-state index is 11.6. The van der Waals surface area contributed by atoms with Gasteiger partial charge in [0.25, 0.3) is 5.91 Å². The first kappa shape index (κ1) is 17.6. The first-order valence-electron chi connectivity index (χ1n) is 7.31. The van der Waals surface area contributed by atoms with Gasteiger partial charge in [0.05, 0.1) is 0 Å². The van der Waals surface area contributed by atoms with Gasteiger partial charge in [0.2, 0.25) is 5.91 Å². The Morgan fingerprint density at radius 1 is 0.955 bits per heavy atom. The van der Waals surface area contributed by atoms with Gasteiger partial charge in [-0.15, -0.1) is 0 Å². The van der Waals surface area contributed by atoms with E-state index >= 15 is 0 Å². The van der Waals surface area contributed by atoms with Crippen LogP contribution >= 0.6 is 0 Å². The summed E-state index contributed by atoms with van der Waals surface area (Å²) in [5, 5.41) is 8.48. The molecule has 7 heteroatoms. The van der Waals surface area contributed by atoms with Crippen molar-refractivity contribution in [2.45, 2.75) is 44.9 Å². The molecule has 120 valence electrons. The van der Waals surface area contributed by atoms with Crippen LogP contribution in [0.15, 0.2) is 24.4 Å². The van der Waals surface area contributed by atoms with Crippen molar-refractivity contribution in [2.24, 2.45) is 0 Å². The summed E-state index contributed by atoms with van der Waals surface area (Å²) in [4.78, 5) is 37.3. The van der Waals surface area contributed by atoms with E-state index in [0.717, 1.165) is 19.3 Å². The Morgan fingerprint density at radius 2 is 1.64 bits per heavy atom. The summed E-state index contributed by atoms with van der Waals surface area (Å²) >= 11 is 0. The van der Waals surface area contributed by atoms with Crippen molar-refractivity contribution < 1.29 is 19.5 Å². The summed E-state index contributed by atoms with van der Waals surface area (Å²) in [6.45, 7) is 0. The third kappa shape index (κ3) is 7.98. The lowest BCUT2D eigenvalue weighted by atomic mass is 10.1. The molecule has 0 aliphatic carbocycles. The number of carboxylic acid groups (broad SMARTS) is 1. The normalized spacial score (nSPS) is 10.0. The third-order valence-corrected chi connectivity index (χ3v) is 3.01. The molecule has 0 aromatic carbocycles. The number of hydrogen-bond donors (Lipinski definition) is 3. The Bertz CT molecular complexity index is 491. The standard InChI is InChI=1S/C15H21N3O4/c19-13(9-4-2-1-3-5-10-14(20)21)17-18-15(22)12-8-6-7-11-16-12/h6-8,11H,1-5,9-10H2,(H,17,19)(H,18,22)(H,20,21). The van der Waals surface area contributed by atoms with Crippen molar-refractivity contribution in [1.82, 2.24) is 15.8 Å². The highest BCUT2D eigenvalue weighted by Crippen LogP contribution is 2.07. The largest absolute Gasteiger partial charge is 0.481 e. The monoisotopic (exact) mass is 307 g/mol. The zero-order valence-electron chi connectivity index (χ0n) is 12.4. The Labute approximate surface area is 129 Å². The summed E-state index contributed by atoms with van der Waals surface area (Å²) < 4.78 is 0. The summed E-state index contributed by atoms with van der Waals surface area (Å²) in [6.07, 6.45) is 6.01. The van der Waals surface area contributed by atoms with E-state index in [9.17, 15) is 14.4 Å². The zero-order valence-corrected chi connectivity index (χ0v) is 12.4. The fraction of sp³-hybridized carbons (Fsp3) is 0.467. The van der Waals surface area contributed by atoms with Crippen LogP contribution in [-0.4, -0.2) is 27.9 Å². The van der Waals surface area contributed by atoms with Crippen LogP contribution in [0.1, 0.15) is 55.4 Å². The number of hydrogen-bond acceptors (Lipinski definition) is 4. The molecule has 3 N–H and O–H groups in total. The molecule has 1 aromatic heterocycles. The molecule has 0 bridgehead atoms. The van der Waals surface area contributed by atoms with Crippen molar-refractivity contribution in [1.29, 1.82) is 0 Å². The van der Waals surface area contributed by atoms with Gasteiger partial charge in [0.15, 0.2) is 0 Å². The molecule has 0 unspecified atom stereocenters. The molecule has 0 radical (unpaired) electrons. The molecular formula is C15H21N3O4. The molecule has 1 heterocycles. The molecule has 0 atom stereocenters. The highest BCUT2D eigenvalue weighted by molar-refractivity contribution is 5.93. The molecule has 0 spiro atoms. The minimum Gasteiger partial charge on any atom is -0.481 e. The maximum Gasteiger partial charge on any atom is 0.303 e. The lowest BCUT2D eigenvalue weighted by Crippen LogP contribution is -2.41. The van der Waals surface area contributed by atoms with Gasteiger partial charge in [-0.3, -0.25) is 30.2 Å². The zero-order chi connectivity index (χ0) is 16.2. The lowest BCUT2D eigenvalue weighted by Gasteiger charge is -2.06. The first-order valence-corrected chi connectivity index (χ1v) is 7.31. The molecule has 0 saturated heterocycles. The van der Waals surface area contributed by atoms with E-state index in [1.165, 1.54) is 6.20 Å². The predicted octanol–water partition coefficient (Wildman–Crippen LogP) is 1.66. The number of carboxylic acids is 1. The minimum atomic E-state index is -0.775. The van der Waals surface area contributed by atoms with Crippen molar-refractivity contribution in [2.75, 3.05) is 0 Å². The number of carbonyl (C=O) groups is 3. The second-order valence-electron chi connectivity index (χ2n) is 4.88. The molecule has 0 aliphatic rings. The van der Waals surface area contributed by atoms with Crippen molar-refractivity contribution >= 4 is 17.8 Å². The number of nitrogens with zero attached hydrogens (tertiary/aromatic N) is 1. The second kappa shape index (κ2) is 10.3. The molecular weight excluding hydrogens is 286 g/mol. The smallest absolute Gasteiger partial charge is 0.303 e. The van der Waals surface area contributed by atoms with Crippen LogP contribution in [0.2, 0.25) is 0 Å². The number of rotatable bonds is 9. The molecule has 0 aliphatic heterocycles. The average molecular weight is 307 g/mol. The molecule has 1 rings (SSSR count). The van der Waals surface area contributed by atoms with Gasteiger partial charge in [0.1, 0.15) is 5.69 Å². The van der Waals surface area contributed by atoms with Gasteiger partial charge in [-0.2, -0.15) is 0 Å². The summed E-state index contributed by atoms with van der Waals surface area (Å²) in [5.74, 6) is -1.49. The average Bonchev–Trinajstić information content (AvgIpc) is 2.52. The lowest BCUT2D eigenvalue weighted by molar-refractivity contribution is -0.137. The van der Waals surface area contributed by atoms with Crippen LogP contribution < -0.4 is 10.9 Å². The topological polar surface area (TPSA) is 108 Å². The van der Waals surface area contributed by atoms with E-state index in [0.29, 0.717) is 19.3 Å². The first-order chi connectivity index (χ1) is 10.6. The number of unbranched alkanes of at least 4 members (excludes halogenated alkanes) is 4. The SMILES string of the molecule is O=C(O)CCCCCCCC(=O)NNC(=O)c1ccccn1. The maximum atomic E-state index is 11.6. The Kier molecular flexibility index (Phi) is 8.25. The van der Waals surface area contributed by atoms with E-state index in [1.54, 1.807) is 18.2 Å². The Hall–Kier alpha value is -2.44. The van der Waals surface area contributed by atoms with Crippen LogP contribution in [0.4, 0.5) is 0 Å². The van der Waals surface area contributed by atoms with Crippen LogP contribution in [0.25, 0.3) is 0 Å². The molecule has 0 saturated carbocycles. The van der Waals surface area contributed by atoms with E-state index in [4.69, 9.17) is 5.11 Å². The summed E-state index contributed by atoms with van der Waals surface area (Å²) in [6, 6.07) is 4.94. The number of aliphatic carboxylic acids is 1. The van der Waals surface area contributed by atoms with E-state index in [2.05, 4.69) is 15.8 Å². The van der Waals surface area contributed by atoms with Crippen LogP contribution in [0.3, 0.4) is 0 Å². The van der Waals surface area contributed by atoms with Crippen LogP contribution in [-0.2, 0) is 9.59 Å². The Balaban J connectivity index is 2.04. The van der Waals surface area contributed by atoms with E-state index in [1.807, 2.05) is 0 Å². The molecule has 22 heavy (non-hydrogen) atoms. The summed E-state index contributed by atoms with van der Waals surface area (Å²) in [7, 11) is 0. The van der Waals surface area contributed by atoms with Crippen LogP contribution in [0.5, 0.6) is 0 Å². The predicted molar refractivity (Wildman–Crippen MR) is 79.8 cm³/mol. The van der Waals surface area contributed by atoms with Crippen molar-refractivity contribution in [3.05, 3.63) is 30.1 Å². The number of aromatic nitrogens is 1. The number of amides is 2. The molecule has 7 nitrogen and oxygen atoms in total. The van der Waals surface area contributed by atoms with Gasteiger partial charge in [-0.1, -0.05) is 25.3 Å². The van der Waals surface area contributed by atoms with Gasteiger partial charge < -0.3 is 5.11 Å². The Morgan fingerprint density at radius 3 is 2.27 bits per heavy atom. The third-order valence-electron chi connectivity index (χ3n) is 3.01. The van der Waals surface area contributed by atoms with Crippen molar-refractivity contribution in [3.63, 3.8) is 0 Å². The molecule has 1 aromatic rings. The number of pyridine rings is 1. The van der Waals surface area contributed by atoms with Gasteiger partial charge in [-0.05, 0) is 25.0 Å². The summed E-state index contributed by atoms with van der Waals surface area (Å²) in [5.41, 5.74) is 4.89. The van der Waals surface area contributed by atoms with E-state index in [-0.39, 0.29) is 18.0 Å². The molecule has 2 amide bonds. The van der Waals surface area contributed by atoms with Crippen molar-refractivity contribution in [3.8, 4) is 0 Å². The highest BCUT2D eigenvalue weighted by atomic mass is 16.4. The highest BCUT2D eigenvalue weighted by Gasteiger charge is 2.07. The van der Waals surface area contributed by atoms with Crippen LogP contribution in [0, 0.1) is 0 Å². The molecule has 0 fully saturated rings. The van der Waals surface area contributed by atoms with Gasteiger partial charge in [-0.25, -0.2) is 0 Å². The number of nitrogens with one attached hydrogen (secondary N) is 2. The minimum absolute atomic E-state index is 0.194. The fourth-order valence-electron chi connectivity index (χ4n) is 1.84.